The molecular weight excluding hydrogens is 214 g/mol. The van der Waals surface area contributed by atoms with Crippen molar-refractivity contribution in [2.45, 2.75) is 20.8 Å². The zero-order chi connectivity index (χ0) is 12.6. The van der Waals surface area contributed by atoms with Crippen LogP contribution in [0.5, 0.6) is 0 Å². The highest BCUT2D eigenvalue weighted by molar-refractivity contribution is 5.52. The minimum absolute atomic E-state index is 0.393. The Morgan fingerprint density at radius 3 is 2.24 bits per heavy atom. The van der Waals surface area contributed by atoms with E-state index < -0.39 is 0 Å². The minimum atomic E-state index is 0.393. The smallest absolute Gasteiger partial charge is 0.244 e. The Balaban J connectivity index is 2.63. The number of nitrogens with one attached hydrogen (secondary N) is 1. The van der Waals surface area contributed by atoms with Crippen LogP contribution in [0.1, 0.15) is 16.7 Å². The summed E-state index contributed by atoms with van der Waals surface area (Å²) in [7, 11) is 1.77. The van der Waals surface area contributed by atoms with Crippen LogP contribution >= 0.6 is 0 Å². The maximum Gasteiger partial charge on any atom is 0.244 e. The van der Waals surface area contributed by atoms with Crippen molar-refractivity contribution in [3.05, 3.63) is 28.8 Å². The number of aryl methyl sites for hydroxylation is 3. The summed E-state index contributed by atoms with van der Waals surface area (Å²) in [4.78, 5) is 4.13. The summed E-state index contributed by atoms with van der Waals surface area (Å²) in [6.45, 7) is 6.18. The number of anilines is 2. The van der Waals surface area contributed by atoms with Gasteiger partial charge in [-0.3, -0.25) is 0 Å². The van der Waals surface area contributed by atoms with Crippen molar-refractivity contribution in [2.75, 3.05) is 18.1 Å². The van der Waals surface area contributed by atoms with Crippen LogP contribution in [-0.2, 0) is 0 Å². The van der Waals surface area contributed by atoms with Crippen molar-refractivity contribution in [1.82, 2.24) is 14.8 Å². The van der Waals surface area contributed by atoms with E-state index in [9.17, 15) is 0 Å². The third-order valence-electron chi connectivity index (χ3n) is 2.70. The lowest BCUT2D eigenvalue weighted by Crippen LogP contribution is -2.06. The molecule has 0 unspecified atom stereocenters. The summed E-state index contributed by atoms with van der Waals surface area (Å²) in [6, 6.07) is 4.23. The summed E-state index contributed by atoms with van der Waals surface area (Å²) < 4.78 is 1.68. The molecule has 17 heavy (non-hydrogen) atoms. The van der Waals surface area contributed by atoms with Crippen molar-refractivity contribution in [2.24, 2.45) is 0 Å². The summed E-state index contributed by atoms with van der Waals surface area (Å²) in [5.41, 5.74) is 10.4. The second-order valence-electron chi connectivity index (χ2n) is 4.20. The predicted molar refractivity (Wildman–Crippen MR) is 69.5 cm³/mol. The number of rotatable bonds is 2. The van der Waals surface area contributed by atoms with Gasteiger partial charge in [0, 0.05) is 7.05 Å². The third kappa shape index (κ3) is 1.95. The second-order valence-corrected chi connectivity index (χ2v) is 4.20. The molecule has 1 aromatic carbocycles. The van der Waals surface area contributed by atoms with Gasteiger partial charge in [-0.1, -0.05) is 17.7 Å². The van der Waals surface area contributed by atoms with Crippen LogP contribution in [-0.4, -0.2) is 21.8 Å². The van der Waals surface area contributed by atoms with Crippen molar-refractivity contribution < 1.29 is 0 Å². The standard InChI is InChI=1S/C12H17N5/c1-7-5-8(2)10(9(3)6-7)17-11(13)15-12(14-4)16-17/h5-6H,1-4H3,(H3,13,14,15,16). The summed E-state index contributed by atoms with van der Waals surface area (Å²) in [6.07, 6.45) is 0. The molecule has 0 aliphatic carbocycles. The molecule has 2 aromatic rings. The van der Waals surface area contributed by atoms with Crippen LogP contribution in [0.3, 0.4) is 0 Å². The molecule has 0 amide bonds. The highest BCUT2D eigenvalue weighted by Crippen LogP contribution is 2.22. The Bertz CT molecular complexity index is 533. The van der Waals surface area contributed by atoms with E-state index in [0.717, 1.165) is 16.8 Å². The molecule has 0 radical (unpaired) electrons. The monoisotopic (exact) mass is 231 g/mol. The van der Waals surface area contributed by atoms with E-state index in [0.29, 0.717) is 11.9 Å². The maximum absolute atomic E-state index is 5.87. The highest BCUT2D eigenvalue weighted by atomic mass is 15.4. The van der Waals surface area contributed by atoms with E-state index in [4.69, 9.17) is 5.73 Å². The number of benzene rings is 1. The topological polar surface area (TPSA) is 68.8 Å². The Labute approximate surface area is 101 Å². The molecular formula is C12H17N5. The van der Waals surface area contributed by atoms with Crippen LogP contribution in [0.25, 0.3) is 5.69 Å². The van der Waals surface area contributed by atoms with Gasteiger partial charge in [-0.2, -0.15) is 9.67 Å². The number of hydrogen-bond acceptors (Lipinski definition) is 4. The lowest BCUT2D eigenvalue weighted by atomic mass is 10.1. The number of nitrogen functional groups attached to an aromatic ring is 1. The quantitative estimate of drug-likeness (QED) is 0.827. The van der Waals surface area contributed by atoms with Gasteiger partial charge in [-0.05, 0) is 31.9 Å². The average molecular weight is 231 g/mol. The molecule has 0 aliphatic rings. The van der Waals surface area contributed by atoms with Crippen LogP contribution in [0.4, 0.5) is 11.9 Å². The van der Waals surface area contributed by atoms with E-state index in [2.05, 4.69) is 48.3 Å². The van der Waals surface area contributed by atoms with Crippen molar-refractivity contribution in [3.8, 4) is 5.69 Å². The first-order valence-corrected chi connectivity index (χ1v) is 5.51. The number of nitrogens with zero attached hydrogens (tertiary/aromatic N) is 3. The maximum atomic E-state index is 5.87. The molecule has 0 spiro atoms. The fraction of sp³-hybridized carbons (Fsp3) is 0.333. The molecule has 5 nitrogen and oxygen atoms in total. The fourth-order valence-corrected chi connectivity index (χ4v) is 2.10. The summed E-state index contributed by atoms with van der Waals surface area (Å²) in [5.74, 6) is 0.922. The van der Waals surface area contributed by atoms with Gasteiger partial charge in [0.15, 0.2) is 0 Å². The average Bonchev–Trinajstić information content (AvgIpc) is 2.59. The molecule has 1 heterocycles. The molecule has 5 heteroatoms. The first kappa shape index (κ1) is 11.4. The van der Waals surface area contributed by atoms with Gasteiger partial charge in [0.05, 0.1) is 5.69 Å². The highest BCUT2D eigenvalue weighted by Gasteiger charge is 2.12. The van der Waals surface area contributed by atoms with Gasteiger partial charge in [0.1, 0.15) is 0 Å². The Morgan fingerprint density at radius 2 is 1.76 bits per heavy atom. The molecule has 2 rings (SSSR count). The van der Waals surface area contributed by atoms with Crippen molar-refractivity contribution in [1.29, 1.82) is 0 Å². The summed E-state index contributed by atoms with van der Waals surface area (Å²) >= 11 is 0. The van der Waals surface area contributed by atoms with Crippen LogP contribution in [0, 0.1) is 20.8 Å². The van der Waals surface area contributed by atoms with Crippen molar-refractivity contribution >= 4 is 11.9 Å². The fourth-order valence-electron chi connectivity index (χ4n) is 2.10. The zero-order valence-electron chi connectivity index (χ0n) is 10.6. The number of aromatic nitrogens is 3. The first-order chi connectivity index (χ1) is 8.02. The summed E-state index contributed by atoms with van der Waals surface area (Å²) in [5, 5.41) is 7.20. The predicted octanol–water partition coefficient (Wildman–Crippen LogP) is 1.82. The van der Waals surface area contributed by atoms with Gasteiger partial charge in [-0.25, -0.2) is 0 Å². The molecule has 90 valence electrons. The Kier molecular flexibility index (Phi) is 2.75. The van der Waals surface area contributed by atoms with Gasteiger partial charge in [-0.15, -0.1) is 5.10 Å². The molecule has 0 bridgehead atoms. The molecule has 0 aliphatic heterocycles. The zero-order valence-corrected chi connectivity index (χ0v) is 10.6. The first-order valence-electron chi connectivity index (χ1n) is 5.51. The van der Waals surface area contributed by atoms with Crippen LogP contribution in [0.2, 0.25) is 0 Å². The number of nitrogens with two attached hydrogens (primary N) is 1. The van der Waals surface area contributed by atoms with E-state index in [-0.39, 0.29) is 0 Å². The van der Waals surface area contributed by atoms with Gasteiger partial charge >= 0.3 is 0 Å². The third-order valence-corrected chi connectivity index (χ3v) is 2.70. The van der Waals surface area contributed by atoms with E-state index >= 15 is 0 Å². The van der Waals surface area contributed by atoms with Gasteiger partial charge < -0.3 is 11.1 Å². The molecule has 0 saturated carbocycles. The SMILES string of the molecule is CNc1nc(N)n(-c2c(C)cc(C)cc2C)n1. The lowest BCUT2D eigenvalue weighted by molar-refractivity contribution is 0.875. The Morgan fingerprint density at radius 1 is 1.18 bits per heavy atom. The minimum Gasteiger partial charge on any atom is -0.368 e. The van der Waals surface area contributed by atoms with Gasteiger partial charge in [0.2, 0.25) is 11.9 Å². The molecule has 1 aromatic heterocycles. The van der Waals surface area contributed by atoms with Crippen LogP contribution in [0.15, 0.2) is 12.1 Å². The van der Waals surface area contributed by atoms with Crippen LogP contribution < -0.4 is 11.1 Å². The molecule has 0 atom stereocenters. The lowest BCUT2D eigenvalue weighted by Gasteiger charge is -2.11. The second kappa shape index (κ2) is 4.08. The van der Waals surface area contributed by atoms with E-state index in [1.54, 1.807) is 11.7 Å². The normalized spacial score (nSPS) is 10.6. The largest absolute Gasteiger partial charge is 0.368 e. The van der Waals surface area contributed by atoms with E-state index in [1.165, 1.54) is 5.56 Å². The molecule has 0 saturated heterocycles. The van der Waals surface area contributed by atoms with Gasteiger partial charge in [0.25, 0.3) is 0 Å². The van der Waals surface area contributed by atoms with Crippen molar-refractivity contribution in [3.63, 3.8) is 0 Å². The Hall–Kier alpha value is -2.04. The number of hydrogen-bond donors (Lipinski definition) is 2. The molecule has 0 fully saturated rings. The van der Waals surface area contributed by atoms with E-state index in [1.807, 2.05) is 0 Å². The molecule has 3 N–H and O–H groups in total.